The first kappa shape index (κ1) is 18.5. The van der Waals surface area contributed by atoms with Crippen LogP contribution in [0.3, 0.4) is 0 Å². The van der Waals surface area contributed by atoms with Crippen LogP contribution >= 0.6 is 0 Å². The van der Waals surface area contributed by atoms with Crippen molar-refractivity contribution in [3.63, 3.8) is 0 Å². The van der Waals surface area contributed by atoms with E-state index in [9.17, 15) is 0 Å². The lowest BCUT2D eigenvalue weighted by Gasteiger charge is -2.29. The van der Waals surface area contributed by atoms with Crippen LogP contribution in [0.2, 0.25) is 0 Å². The average molecular weight is 354 g/mol. The Hall–Kier alpha value is -2.30. The Morgan fingerprint density at radius 1 is 1.04 bits per heavy atom. The van der Waals surface area contributed by atoms with Gasteiger partial charge < -0.3 is 18.9 Å². The Balaban J connectivity index is 1.80. The first-order valence-corrected chi connectivity index (χ1v) is 8.85. The van der Waals surface area contributed by atoms with Crippen LogP contribution in [0.1, 0.15) is 19.4 Å². The average Bonchev–Trinajstić information content (AvgIpc) is 3.21. The maximum absolute atomic E-state index is 6.14. The highest BCUT2D eigenvalue weighted by Gasteiger charge is 2.35. The molecule has 0 atom stereocenters. The molecule has 0 radical (unpaired) electrons. The number of methoxy groups -OCH3 is 1. The van der Waals surface area contributed by atoms with Crippen molar-refractivity contribution >= 4 is 6.08 Å². The molecule has 0 spiro atoms. The van der Waals surface area contributed by atoms with Gasteiger partial charge in [0, 0.05) is 11.0 Å². The third-order valence-corrected chi connectivity index (χ3v) is 4.36. The Kier molecular flexibility index (Phi) is 5.96. The van der Waals surface area contributed by atoms with Crippen molar-refractivity contribution in [3.05, 3.63) is 60.4 Å². The second-order valence-corrected chi connectivity index (χ2v) is 7.01. The topological polar surface area (TPSA) is 36.9 Å². The fraction of sp³-hybridized carbons (Fsp3) is 0.364. The summed E-state index contributed by atoms with van der Waals surface area (Å²) in [6.07, 6.45) is 3.34. The van der Waals surface area contributed by atoms with E-state index in [1.54, 1.807) is 13.4 Å². The molecule has 0 N–H and O–H groups in total. The molecule has 1 saturated heterocycles. The third kappa shape index (κ3) is 4.45. The SMILES string of the molecule is COC=Cc1cc(-c2ccccc2)ccc1OCC(C)(C)C1OCCO1. The van der Waals surface area contributed by atoms with Crippen molar-refractivity contribution in [1.82, 2.24) is 0 Å². The molecule has 0 unspecified atom stereocenters. The Morgan fingerprint density at radius 3 is 2.46 bits per heavy atom. The van der Waals surface area contributed by atoms with Gasteiger partial charge in [-0.3, -0.25) is 0 Å². The summed E-state index contributed by atoms with van der Waals surface area (Å²) in [5.74, 6) is 0.809. The predicted octanol–water partition coefficient (Wildman–Crippen LogP) is 4.75. The maximum atomic E-state index is 6.14. The van der Waals surface area contributed by atoms with Crippen molar-refractivity contribution in [3.8, 4) is 16.9 Å². The van der Waals surface area contributed by atoms with Crippen LogP contribution in [0.5, 0.6) is 5.75 Å². The minimum atomic E-state index is -0.239. The Morgan fingerprint density at radius 2 is 1.77 bits per heavy atom. The van der Waals surface area contributed by atoms with Gasteiger partial charge in [-0.05, 0) is 29.3 Å². The highest BCUT2D eigenvalue weighted by molar-refractivity contribution is 5.70. The molecule has 0 bridgehead atoms. The maximum Gasteiger partial charge on any atom is 0.166 e. The monoisotopic (exact) mass is 354 g/mol. The van der Waals surface area contributed by atoms with Gasteiger partial charge in [-0.25, -0.2) is 0 Å². The van der Waals surface area contributed by atoms with Gasteiger partial charge >= 0.3 is 0 Å². The quantitative estimate of drug-likeness (QED) is 0.673. The van der Waals surface area contributed by atoms with Gasteiger partial charge in [0.05, 0.1) is 33.2 Å². The number of rotatable bonds is 7. The number of hydrogen-bond donors (Lipinski definition) is 0. The van der Waals surface area contributed by atoms with Crippen LogP contribution in [0.4, 0.5) is 0 Å². The summed E-state index contributed by atoms with van der Waals surface area (Å²) < 4.78 is 22.5. The number of hydrogen-bond acceptors (Lipinski definition) is 4. The Bertz CT molecular complexity index is 731. The first-order chi connectivity index (χ1) is 12.6. The van der Waals surface area contributed by atoms with E-state index in [2.05, 4.69) is 38.1 Å². The molecule has 1 heterocycles. The van der Waals surface area contributed by atoms with Crippen molar-refractivity contribution in [1.29, 1.82) is 0 Å². The van der Waals surface area contributed by atoms with Crippen LogP contribution in [0.25, 0.3) is 17.2 Å². The van der Waals surface area contributed by atoms with Gasteiger partial charge in [0.15, 0.2) is 6.29 Å². The van der Waals surface area contributed by atoms with Crippen LogP contribution in [0.15, 0.2) is 54.8 Å². The van der Waals surface area contributed by atoms with Crippen molar-refractivity contribution in [2.24, 2.45) is 5.41 Å². The van der Waals surface area contributed by atoms with Crippen LogP contribution < -0.4 is 4.74 Å². The second kappa shape index (κ2) is 8.39. The van der Waals surface area contributed by atoms with E-state index in [-0.39, 0.29) is 11.7 Å². The highest BCUT2D eigenvalue weighted by atomic mass is 16.7. The smallest absolute Gasteiger partial charge is 0.166 e. The summed E-state index contributed by atoms with van der Waals surface area (Å²) in [6, 6.07) is 16.5. The normalized spacial score (nSPS) is 15.5. The highest BCUT2D eigenvalue weighted by Crippen LogP contribution is 2.32. The third-order valence-electron chi connectivity index (χ3n) is 4.36. The van der Waals surface area contributed by atoms with Gasteiger partial charge in [-0.2, -0.15) is 0 Å². The number of ether oxygens (including phenoxy) is 4. The molecular formula is C22H26O4. The molecule has 4 nitrogen and oxygen atoms in total. The lowest BCUT2D eigenvalue weighted by atomic mass is 9.94. The largest absolute Gasteiger partial charge is 0.504 e. The lowest BCUT2D eigenvalue weighted by molar-refractivity contribution is -0.131. The first-order valence-electron chi connectivity index (χ1n) is 8.85. The molecule has 1 aliphatic rings. The molecule has 2 aromatic carbocycles. The summed E-state index contributed by atoms with van der Waals surface area (Å²) in [6.45, 7) is 5.96. The van der Waals surface area contributed by atoms with Crippen molar-refractivity contribution < 1.29 is 18.9 Å². The van der Waals surface area contributed by atoms with Gasteiger partial charge in [-0.15, -0.1) is 0 Å². The zero-order chi connectivity index (χ0) is 18.4. The molecule has 138 valence electrons. The molecule has 1 fully saturated rings. The minimum absolute atomic E-state index is 0.232. The van der Waals surface area contributed by atoms with Crippen molar-refractivity contribution in [2.45, 2.75) is 20.1 Å². The van der Waals surface area contributed by atoms with Crippen molar-refractivity contribution in [2.75, 3.05) is 26.9 Å². The fourth-order valence-electron chi connectivity index (χ4n) is 2.90. The standard InChI is InChI=1S/C22H26O4/c1-22(2,21-24-13-14-25-21)16-26-20-10-9-18(15-19(20)11-12-23-3)17-7-5-4-6-8-17/h4-12,15,21H,13-14,16H2,1-3H3. The van der Waals surface area contributed by atoms with E-state index in [1.165, 1.54) is 5.56 Å². The molecule has 26 heavy (non-hydrogen) atoms. The van der Waals surface area contributed by atoms with E-state index in [0.29, 0.717) is 19.8 Å². The molecular weight excluding hydrogens is 328 g/mol. The number of benzene rings is 2. The second-order valence-electron chi connectivity index (χ2n) is 7.01. The molecule has 0 saturated carbocycles. The van der Waals surface area contributed by atoms with Gasteiger partial charge in [0.1, 0.15) is 5.75 Å². The van der Waals surface area contributed by atoms with Crippen LogP contribution in [0, 0.1) is 5.41 Å². The lowest BCUT2D eigenvalue weighted by Crippen LogP contribution is -2.35. The van der Waals surface area contributed by atoms with Gasteiger partial charge in [0.2, 0.25) is 0 Å². The van der Waals surface area contributed by atoms with E-state index in [4.69, 9.17) is 18.9 Å². The molecule has 4 heteroatoms. The van der Waals surface area contributed by atoms with E-state index in [1.807, 2.05) is 30.3 Å². The van der Waals surface area contributed by atoms with Crippen LogP contribution in [-0.2, 0) is 14.2 Å². The van der Waals surface area contributed by atoms with E-state index >= 15 is 0 Å². The molecule has 0 amide bonds. The molecule has 0 aromatic heterocycles. The van der Waals surface area contributed by atoms with E-state index in [0.717, 1.165) is 16.9 Å². The summed E-state index contributed by atoms with van der Waals surface area (Å²) in [5, 5.41) is 0. The fourth-order valence-corrected chi connectivity index (χ4v) is 2.90. The van der Waals surface area contributed by atoms with Gasteiger partial charge in [-0.1, -0.05) is 50.2 Å². The molecule has 0 aliphatic carbocycles. The van der Waals surface area contributed by atoms with Gasteiger partial charge in [0.25, 0.3) is 0 Å². The van der Waals surface area contributed by atoms with Crippen LogP contribution in [-0.4, -0.2) is 33.2 Å². The zero-order valence-corrected chi connectivity index (χ0v) is 15.6. The molecule has 3 rings (SSSR count). The minimum Gasteiger partial charge on any atom is -0.504 e. The summed E-state index contributed by atoms with van der Waals surface area (Å²) in [7, 11) is 1.63. The predicted molar refractivity (Wildman–Crippen MR) is 103 cm³/mol. The molecule has 1 aliphatic heterocycles. The zero-order valence-electron chi connectivity index (χ0n) is 15.6. The summed E-state index contributed by atoms with van der Waals surface area (Å²) in [4.78, 5) is 0. The Labute approximate surface area is 155 Å². The van der Waals surface area contributed by atoms with E-state index < -0.39 is 0 Å². The summed E-state index contributed by atoms with van der Waals surface area (Å²) in [5.41, 5.74) is 3.03. The molecule has 2 aromatic rings. The summed E-state index contributed by atoms with van der Waals surface area (Å²) >= 11 is 0.